The Bertz CT molecular complexity index is 517. The van der Waals surface area contributed by atoms with Crippen molar-refractivity contribution in [1.82, 2.24) is 0 Å². The zero-order chi connectivity index (χ0) is 16.5. The maximum Gasteiger partial charge on any atom is 0.309 e. The second kappa shape index (κ2) is 4.97. The lowest BCUT2D eigenvalue weighted by Gasteiger charge is -2.63. The third kappa shape index (κ3) is 1.95. The van der Waals surface area contributed by atoms with Crippen molar-refractivity contribution in [1.29, 1.82) is 0 Å². The van der Waals surface area contributed by atoms with Crippen molar-refractivity contribution in [3.05, 3.63) is 0 Å². The highest BCUT2D eigenvalue weighted by atomic mass is 16.4. The van der Waals surface area contributed by atoms with Gasteiger partial charge in [0, 0.05) is 6.61 Å². The normalized spacial score (nSPS) is 55.1. The van der Waals surface area contributed by atoms with E-state index < -0.39 is 11.4 Å². The van der Waals surface area contributed by atoms with Crippen molar-refractivity contribution < 1.29 is 15.0 Å². The van der Waals surface area contributed by atoms with Gasteiger partial charge >= 0.3 is 5.97 Å². The highest BCUT2D eigenvalue weighted by Crippen LogP contribution is 2.72. The molecule has 3 heteroatoms. The number of rotatable bonds is 2. The van der Waals surface area contributed by atoms with E-state index in [4.69, 9.17) is 0 Å². The molecule has 0 heterocycles. The summed E-state index contributed by atoms with van der Waals surface area (Å²) in [4.78, 5) is 12.1. The number of hydrogen-bond donors (Lipinski definition) is 2. The summed E-state index contributed by atoms with van der Waals surface area (Å²) in [5, 5.41) is 19.7. The van der Waals surface area contributed by atoms with Gasteiger partial charge in [-0.25, -0.2) is 0 Å². The Balaban J connectivity index is 1.71. The minimum absolute atomic E-state index is 0.193. The molecule has 0 amide bonds. The number of aliphatic carboxylic acids is 1. The molecule has 4 saturated carbocycles. The van der Waals surface area contributed by atoms with Crippen molar-refractivity contribution in [2.75, 3.05) is 6.61 Å². The predicted molar refractivity (Wildman–Crippen MR) is 88.9 cm³/mol. The molecule has 0 aliphatic heterocycles. The largest absolute Gasteiger partial charge is 0.481 e. The average molecular weight is 320 g/mol. The monoisotopic (exact) mass is 320 g/mol. The first-order valence-corrected chi connectivity index (χ1v) is 9.70. The molecule has 4 aliphatic carbocycles. The fourth-order valence-electron chi connectivity index (χ4n) is 8.06. The van der Waals surface area contributed by atoms with Crippen LogP contribution in [0.5, 0.6) is 0 Å². The first-order chi connectivity index (χ1) is 10.9. The molecular weight excluding hydrogens is 288 g/mol. The van der Waals surface area contributed by atoms with Crippen LogP contribution in [-0.4, -0.2) is 22.8 Å². The van der Waals surface area contributed by atoms with E-state index in [0.717, 1.165) is 25.2 Å². The average Bonchev–Trinajstić information content (AvgIpc) is 2.77. The van der Waals surface area contributed by atoms with Gasteiger partial charge in [0.05, 0.1) is 5.41 Å². The van der Waals surface area contributed by atoms with Crippen molar-refractivity contribution in [3.8, 4) is 0 Å². The van der Waals surface area contributed by atoms with Crippen molar-refractivity contribution >= 4 is 5.97 Å². The van der Waals surface area contributed by atoms with Crippen LogP contribution in [0.2, 0.25) is 0 Å². The summed E-state index contributed by atoms with van der Waals surface area (Å²) in [6.45, 7) is 4.80. The third-order valence-electron chi connectivity index (χ3n) is 9.00. The van der Waals surface area contributed by atoms with Crippen molar-refractivity contribution in [2.24, 2.45) is 39.9 Å². The maximum atomic E-state index is 12.1. The topological polar surface area (TPSA) is 57.5 Å². The molecule has 130 valence electrons. The van der Waals surface area contributed by atoms with Crippen LogP contribution >= 0.6 is 0 Å². The Kier molecular flexibility index (Phi) is 3.44. The molecule has 0 aromatic rings. The molecule has 7 atom stereocenters. The van der Waals surface area contributed by atoms with Crippen LogP contribution in [0.15, 0.2) is 0 Å². The van der Waals surface area contributed by atoms with Crippen molar-refractivity contribution in [2.45, 2.75) is 71.6 Å². The van der Waals surface area contributed by atoms with Gasteiger partial charge in [0.2, 0.25) is 0 Å². The van der Waals surface area contributed by atoms with Gasteiger partial charge in [-0.2, -0.15) is 0 Å². The van der Waals surface area contributed by atoms with Crippen LogP contribution in [0.1, 0.15) is 71.6 Å². The van der Waals surface area contributed by atoms with Crippen LogP contribution in [-0.2, 0) is 4.79 Å². The number of aliphatic hydroxyl groups excluding tert-OH is 1. The molecule has 4 aliphatic rings. The molecule has 2 bridgehead atoms. The molecule has 3 nitrogen and oxygen atoms in total. The number of carbonyl (C=O) groups is 1. The lowest BCUT2D eigenvalue weighted by atomic mass is 9.41. The standard InChI is InChI=1S/C20H32O3/c1-18-7-3-8-19(2,17(22)23)15(18)6-9-20-10-13(4-5-16(18)20)14(11-20)12-21/h13-16,21H,3-12H2,1-2H3,(H,22,23)/t13-,14+,15+,16+,18-,19-,20+/m1/s1. The summed E-state index contributed by atoms with van der Waals surface area (Å²) in [5.41, 5.74) is 0.0811. The van der Waals surface area contributed by atoms with E-state index in [0.29, 0.717) is 29.8 Å². The van der Waals surface area contributed by atoms with E-state index in [-0.39, 0.29) is 5.41 Å². The van der Waals surface area contributed by atoms with Crippen LogP contribution in [0.3, 0.4) is 0 Å². The van der Waals surface area contributed by atoms with Crippen LogP contribution in [0.4, 0.5) is 0 Å². The second-order valence-corrected chi connectivity index (χ2v) is 9.78. The summed E-state index contributed by atoms with van der Waals surface area (Å²) in [6, 6.07) is 0. The molecular formula is C20H32O3. The molecule has 2 N–H and O–H groups in total. The Morgan fingerprint density at radius 2 is 1.83 bits per heavy atom. The lowest BCUT2D eigenvalue weighted by Crippen LogP contribution is -2.58. The fourth-order valence-corrected chi connectivity index (χ4v) is 8.06. The van der Waals surface area contributed by atoms with E-state index in [1.807, 2.05) is 6.92 Å². The van der Waals surface area contributed by atoms with E-state index in [2.05, 4.69) is 6.92 Å². The third-order valence-corrected chi connectivity index (χ3v) is 9.00. The zero-order valence-electron chi connectivity index (χ0n) is 14.7. The van der Waals surface area contributed by atoms with Crippen LogP contribution < -0.4 is 0 Å². The Morgan fingerprint density at radius 3 is 2.52 bits per heavy atom. The van der Waals surface area contributed by atoms with Gasteiger partial charge in [0.15, 0.2) is 0 Å². The van der Waals surface area contributed by atoms with Gasteiger partial charge in [0.1, 0.15) is 0 Å². The van der Waals surface area contributed by atoms with E-state index >= 15 is 0 Å². The predicted octanol–water partition coefficient (Wildman–Crippen LogP) is 4.09. The number of fused-ring (bicyclic) bond motifs is 3. The zero-order valence-corrected chi connectivity index (χ0v) is 14.7. The Labute approximate surface area is 139 Å². The number of carboxylic acids is 1. The number of hydrogen-bond acceptors (Lipinski definition) is 2. The van der Waals surface area contributed by atoms with E-state index in [1.54, 1.807) is 0 Å². The van der Waals surface area contributed by atoms with Gasteiger partial charge in [0.25, 0.3) is 0 Å². The van der Waals surface area contributed by atoms with Gasteiger partial charge in [-0.3, -0.25) is 4.79 Å². The molecule has 23 heavy (non-hydrogen) atoms. The molecule has 0 unspecified atom stereocenters. The summed E-state index contributed by atoms with van der Waals surface area (Å²) < 4.78 is 0. The van der Waals surface area contributed by atoms with Gasteiger partial charge in [-0.1, -0.05) is 13.3 Å². The number of aliphatic hydroxyl groups is 1. The Hall–Kier alpha value is -0.570. The van der Waals surface area contributed by atoms with Crippen LogP contribution in [0.25, 0.3) is 0 Å². The smallest absolute Gasteiger partial charge is 0.309 e. The molecule has 0 radical (unpaired) electrons. The lowest BCUT2D eigenvalue weighted by molar-refractivity contribution is -0.181. The van der Waals surface area contributed by atoms with E-state index in [1.165, 1.54) is 38.5 Å². The van der Waals surface area contributed by atoms with Gasteiger partial charge in [-0.15, -0.1) is 0 Å². The molecule has 4 rings (SSSR count). The van der Waals surface area contributed by atoms with Crippen LogP contribution in [0, 0.1) is 39.9 Å². The minimum Gasteiger partial charge on any atom is -0.481 e. The second-order valence-electron chi connectivity index (χ2n) is 9.78. The fraction of sp³-hybridized carbons (Fsp3) is 0.950. The van der Waals surface area contributed by atoms with Crippen molar-refractivity contribution in [3.63, 3.8) is 0 Å². The Morgan fingerprint density at radius 1 is 1.04 bits per heavy atom. The molecule has 0 aromatic carbocycles. The quantitative estimate of drug-likeness (QED) is 0.805. The summed E-state index contributed by atoms with van der Waals surface area (Å²) in [6.07, 6.45) is 10.4. The van der Waals surface area contributed by atoms with Gasteiger partial charge < -0.3 is 10.2 Å². The molecule has 0 aromatic heterocycles. The molecule has 1 spiro atoms. The maximum absolute atomic E-state index is 12.1. The molecule has 0 saturated heterocycles. The van der Waals surface area contributed by atoms with E-state index in [9.17, 15) is 15.0 Å². The SMILES string of the molecule is C[C@@]12CCC[C@@](C)(C(=O)O)[C@H]1CC[C@]13C[C@@H](CO)[C@H](CC[C@H]12)C3. The van der Waals surface area contributed by atoms with Gasteiger partial charge in [-0.05, 0) is 92.8 Å². The summed E-state index contributed by atoms with van der Waals surface area (Å²) >= 11 is 0. The summed E-state index contributed by atoms with van der Waals surface area (Å²) in [5.74, 6) is 1.68. The minimum atomic E-state index is -0.572. The highest BCUT2D eigenvalue weighted by molar-refractivity contribution is 5.75. The summed E-state index contributed by atoms with van der Waals surface area (Å²) in [7, 11) is 0. The molecule has 4 fully saturated rings. The number of carboxylic acid groups (broad SMARTS) is 1. The first-order valence-electron chi connectivity index (χ1n) is 9.70. The highest BCUT2D eigenvalue weighted by Gasteiger charge is 2.65. The first kappa shape index (κ1) is 15.9.